The Labute approximate surface area is 313 Å². The van der Waals surface area contributed by atoms with Gasteiger partial charge in [0.2, 0.25) is 11.8 Å². The van der Waals surface area contributed by atoms with E-state index in [0.717, 1.165) is 6.07 Å². The summed E-state index contributed by atoms with van der Waals surface area (Å²) >= 11 is 6.01. The van der Waals surface area contributed by atoms with Crippen molar-refractivity contribution >= 4 is 17.6 Å². The average Bonchev–Trinajstić information content (AvgIpc) is 3.68. The van der Waals surface area contributed by atoms with Crippen LogP contribution in [0.4, 0.5) is 17.6 Å². The zero-order valence-electron chi connectivity index (χ0n) is 29.2. The molecule has 54 heavy (non-hydrogen) atoms. The van der Waals surface area contributed by atoms with Gasteiger partial charge in [-0.1, -0.05) is 66.2 Å². The van der Waals surface area contributed by atoms with Crippen LogP contribution in [-0.2, 0) is 15.8 Å². The van der Waals surface area contributed by atoms with Gasteiger partial charge in [0.05, 0.1) is 19.8 Å². The molecule has 0 fully saturated rings. The maximum Gasteiger partial charge on any atom is 0.425 e. The number of methoxy groups -OCH3 is 2. The summed E-state index contributed by atoms with van der Waals surface area (Å²) in [5, 5.41) is 12.0. The van der Waals surface area contributed by atoms with Crippen molar-refractivity contribution in [2.24, 2.45) is 4.99 Å². The molecule has 2 heterocycles. The second-order valence-corrected chi connectivity index (χ2v) is 13.3. The molecule has 1 aromatic heterocycles. The van der Waals surface area contributed by atoms with Gasteiger partial charge in [0.25, 0.3) is 6.02 Å². The summed E-state index contributed by atoms with van der Waals surface area (Å²) in [5.41, 5.74) is -0.496. The third-order valence-electron chi connectivity index (χ3n) is 9.41. The normalized spacial score (nSPS) is 17.3. The van der Waals surface area contributed by atoms with Crippen LogP contribution < -0.4 is 14.8 Å². The van der Waals surface area contributed by atoms with E-state index < -0.39 is 41.6 Å². The number of rotatable bonds is 9. The lowest BCUT2D eigenvalue weighted by Gasteiger charge is -2.42. The van der Waals surface area contributed by atoms with Crippen molar-refractivity contribution in [1.82, 2.24) is 15.5 Å². The molecule has 8 nitrogen and oxygen atoms in total. The van der Waals surface area contributed by atoms with Crippen molar-refractivity contribution < 1.29 is 36.2 Å². The lowest BCUT2D eigenvalue weighted by atomic mass is 9.77. The van der Waals surface area contributed by atoms with Crippen LogP contribution in [0.25, 0.3) is 22.9 Å². The first-order valence-electron chi connectivity index (χ1n) is 16.8. The lowest BCUT2D eigenvalue weighted by molar-refractivity contribution is -0.209. The number of hydrogen-bond donors (Lipinski definition) is 1. The number of nitrogens with one attached hydrogen (secondary N) is 1. The molecule has 6 aromatic rings. The molecule has 1 aliphatic rings. The fourth-order valence-electron chi connectivity index (χ4n) is 6.61. The average molecular weight is 757 g/mol. The molecule has 0 radical (unpaired) electrons. The summed E-state index contributed by atoms with van der Waals surface area (Å²) in [4.78, 5) is 4.75. The Balaban J connectivity index is 1.38. The lowest BCUT2D eigenvalue weighted by Crippen LogP contribution is -2.54. The SMILES string of the molecule is COc1ccc(C(NC2=N[C@](C)(c3cc(-c4nnc(-c5ccc(Cl)cc5)o4)ccc3F)C[C@@H](C(F)(F)F)O2)(c2ccccc2)c2ccc(OC)cc2)cc1. The molecular formula is C41H33ClF4N4O4. The molecule has 0 saturated carbocycles. The monoisotopic (exact) mass is 756 g/mol. The van der Waals surface area contributed by atoms with Crippen molar-refractivity contribution in [1.29, 1.82) is 0 Å². The van der Waals surface area contributed by atoms with E-state index in [0.29, 0.717) is 38.8 Å². The second-order valence-electron chi connectivity index (χ2n) is 12.9. The first kappa shape index (κ1) is 36.5. The number of amidine groups is 1. The van der Waals surface area contributed by atoms with E-state index in [1.165, 1.54) is 33.3 Å². The van der Waals surface area contributed by atoms with Gasteiger partial charge in [-0.25, -0.2) is 9.38 Å². The van der Waals surface area contributed by atoms with Crippen LogP contribution in [0.5, 0.6) is 11.5 Å². The number of hydrogen-bond acceptors (Lipinski definition) is 8. The molecule has 1 N–H and O–H groups in total. The maximum atomic E-state index is 15.9. The number of nitrogens with zero attached hydrogens (tertiary/aromatic N) is 3. The highest BCUT2D eigenvalue weighted by Gasteiger charge is 2.52. The Hall–Kier alpha value is -5.88. The number of benzene rings is 5. The first-order chi connectivity index (χ1) is 25.9. The van der Waals surface area contributed by atoms with Crippen LogP contribution in [-0.4, -0.2) is 42.7 Å². The molecule has 7 rings (SSSR count). The predicted molar refractivity (Wildman–Crippen MR) is 196 cm³/mol. The first-order valence-corrected chi connectivity index (χ1v) is 17.2. The van der Waals surface area contributed by atoms with Gasteiger partial charge in [0, 0.05) is 28.1 Å². The Morgan fingerprint density at radius 1 is 0.741 bits per heavy atom. The van der Waals surface area contributed by atoms with Gasteiger partial charge in [-0.3, -0.25) is 0 Å². The molecule has 0 amide bonds. The van der Waals surface area contributed by atoms with Crippen LogP contribution in [0.15, 0.2) is 131 Å². The van der Waals surface area contributed by atoms with Crippen molar-refractivity contribution in [3.05, 3.63) is 154 Å². The zero-order chi connectivity index (χ0) is 38.1. The molecule has 1 aliphatic heterocycles. The van der Waals surface area contributed by atoms with Crippen molar-refractivity contribution in [2.75, 3.05) is 14.2 Å². The number of ether oxygens (including phenoxy) is 3. The van der Waals surface area contributed by atoms with Gasteiger partial charge in [-0.15, -0.1) is 10.2 Å². The summed E-state index contributed by atoms with van der Waals surface area (Å²) in [6.45, 7) is 1.44. The fraction of sp³-hybridized carbons (Fsp3) is 0.195. The largest absolute Gasteiger partial charge is 0.497 e. The highest BCUT2D eigenvalue weighted by atomic mass is 35.5. The van der Waals surface area contributed by atoms with E-state index in [1.807, 2.05) is 30.3 Å². The van der Waals surface area contributed by atoms with Crippen molar-refractivity contribution in [2.45, 2.75) is 36.7 Å². The zero-order valence-corrected chi connectivity index (χ0v) is 30.0. The van der Waals surface area contributed by atoms with E-state index in [1.54, 1.807) is 72.8 Å². The molecule has 0 spiro atoms. The second kappa shape index (κ2) is 14.5. The summed E-state index contributed by atoms with van der Waals surface area (Å²) in [7, 11) is 3.07. The van der Waals surface area contributed by atoms with Gasteiger partial charge in [0.1, 0.15) is 22.9 Å². The summed E-state index contributed by atoms with van der Waals surface area (Å²) in [5.74, 6) is 0.588. The number of aromatic nitrogens is 2. The molecule has 0 unspecified atom stereocenters. The van der Waals surface area contributed by atoms with Gasteiger partial charge < -0.3 is 23.9 Å². The minimum absolute atomic E-state index is 0.0358. The molecule has 276 valence electrons. The molecule has 5 aromatic carbocycles. The fourth-order valence-corrected chi connectivity index (χ4v) is 6.74. The van der Waals surface area contributed by atoms with E-state index in [-0.39, 0.29) is 22.9 Å². The topological polar surface area (TPSA) is 91.0 Å². The quantitative estimate of drug-likeness (QED) is 0.116. The third-order valence-corrected chi connectivity index (χ3v) is 9.66. The minimum atomic E-state index is -4.84. The summed E-state index contributed by atoms with van der Waals surface area (Å²) in [6, 6.07) is 33.6. The van der Waals surface area contributed by atoms with Crippen LogP contribution in [0, 0.1) is 5.82 Å². The molecule has 2 atom stereocenters. The number of aliphatic imine (C=N–C) groups is 1. The van der Waals surface area contributed by atoms with Crippen molar-refractivity contribution in [3.8, 4) is 34.4 Å². The Morgan fingerprint density at radius 3 is 1.83 bits per heavy atom. The standard InChI is InChI=1S/C41H33ClF4N4O4/c1-39(33-23-26(11-22-34(33)43)37-50-49-36(54-37)25-9-16-30(42)17-10-25)24-35(41(44,45)46)53-38(47-39)48-40(27-7-5-4-6-8-27,28-12-18-31(51-2)19-13-28)29-14-20-32(52-3)21-15-29/h4-23,35H,24H2,1-3H3,(H,47,48)/t35-,39-/m0/s1. The van der Waals surface area contributed by atoms with Crippen LogP contribution in [0.1, 0.15) is 35.6 Å². The van der Waals surface area contributed by atoms with E-state index in [2.05, 4.69) is 15.5 Å². The van der Waals surface area contributed by atoms with Crippen molar-refractivity contribution in [3.63, 3.8) is 0 Å². The number of halogens is 5. The van der Waals surface area contributed by atoms with Gasteiger partial charge in [-0.2, -0.15) is 13.2 Å². The van der Waals surface area contributed by atoms with Crippen LogP contribution >= 0.6 is 11.6 Å². The number of alkyl halides is 3. The predicted octanol–water partition coefficient (Wildman–Crippen LogP) is 9.72. The molecule has 0 aliphatic carbocycles. The van der Waals surface area contributed by atoms with E-state index in [4.69, 9.17) is 35.2 Å². The van der Waals surface area contributed by atoms with Gasteiger partial charge >= 0.3 is 6.18 Å². The molecule has 0 saturated heterocycles. The smallest absolute Gasteiger partial charge is 0.425 e. The van der Waals surface area contributed by atoms with Gasteiger partial charge in [0.15, 0.2) is 6.10 Å². The maximum absolute atomic E-state index is 15.9. The third kappa shape index (κ3) is 7.08. The molecular weight excluding hydrogens is 724 g/mol. The molecule has 0 bridgehead atoms. The highest BCUT2D eigenvalue weighted by Crippen LogP contribution is 2.44. The van der Waals surface area contributed by atoms with Crippen LogP contribution in [0.2, 0.25) is 5.02 Å². The summed E-state index contributed by atoms with van der Waals surface area (Å²) < 4.78 is 82.8. The Kier molecular flexibility index (Phi) is 9.80. The minimum Gasteiger partial charge on any atom is -0.497 e. The molecule has 13 heteroatoms. The van der Waals surface area contributed by atoms with E-state index in [9.17, 15) is 13.2 Å². The Morgan fingerprint density at radius 2 is 1.28 bits per heavy atom. The van der Waals surface area contributed by atoms with Gasteiger partial charge in [-0.05, 0) is 90.3 Å². The van der Waals surface area contributed by atoms with Crippen LogP contribution in [0.3, 0.4) is 0 Å². The Bertz CT molecular complexity index is 2220. The van der Waals surface area contributed by atoms with E-state index >= 15 is 4.39 Å². The summed E-state index contributed by atoms with van der Waals surface area (Å²) in [6.07, 6.45) is -7.91. The highest BCUT2D eigenvalue weighted by molar-refractivity contribution is 6.30.